The number of aliphatic hydroxyl groups is 1. The summed E-state index contributed by atoms with van der Waals surface area (Å²) in [6.07, 6.45) is 0.921. The summed E-state index contributed by atoms with van der Waals surface area (Å²) in [5, 5.41) is 11.9. The highest BCUT2D eigenvalue weighted by Crippen LogP contribution is 2.08. The Morgan fingerprint density at radius 3 is 2.67 bits per heavy atom. The molecule has 1 rings (SSSR count). The minimum atomic E-state index is -0.0787. The van der Waals surface area contributed by atoms with Gasteiger partial charge in [-0.15, -0.1) is 0 Å². The number of hydrogen-bond donors (Lipinski definition) is 3. The maximum Gasteiger partial charge on any atom is 0.104 e. The monoisotopic (exact) mass is 128 g/mol. The van der Waals surface area contributed by atoms with Crippen LogP contribution in [-0.4, -0.2) is 23.7 Å². The molecular weight excluding hydrogens is 116 g/mol. The van der Waals surface area contributed by atoms with Crippen molar-refractivity contribution in [2.24, 2.45) is 5.73 Å². The van der Waals surface area contributed by atoms with Gasteiger partial charge in [0, 0.05) is 6.04 Å². The van der Waals surface area contributed by atoms with Gasteiger partial charge in [0.25, 0.3) is 0 Å². The van der Waals surface area contributed by atoms with E-state index in [4.69, 9.17) is 10.8 Å². The molecule has 9 heavy (non-hydrogen) atoms. The zero-order chi connectivity index (χ0) is 6.85. The van der Waals surface area contributed by atoms with Gasteiger partial charge < -0.3 is 16.2 Å². The molecule has 3 heteroatoms. The first-order chi connectivity index (χ1) is 4.22. The molecule has 0 unspecified atom stereocenters. The summed E-state index contributed by atoms with van der Waals surface area (Å²) in [6, 6.07) is -0.0347. The van der Waals surface area contributed by atoms with E-state index in [1.165, 1.54) is 0 Å². The van der Waals surface area contributed by atoms with Crippen LogP contribution < -0.4 is 11.1 Å². The lowest BCUT2D eigenvalue weighted by molar-refractivity contribution is 0.346. The first-order valence-corrected chi connectivity index (χ1v) is 3.08. The molecule has 0 amide bonds. The van der Waals surface area contributed by atoms with E-state index in [9.17, 15) is 0 Å². The molecule has 3 nitrogen and oxygen atoms in total. The molecule has 0 bridgehead atoms. The normalized spacial score (nSPS) is 34.8. The SMILES string of the molecule is C=C(O)[C@H]1NCC[C@H]1N. The summed E-state index contributed by atoms with van der Waals surface area (Å²) < 4.78 is 0. The van der Waals surface area contributed by atoms with Gasteiger partial charge in [-0.25, -0.2) is 0 Å². The summed E-state index contributed by atoms with van der Waals surface area (Å²) in [4.78, 5) is 0. The molecule has 0 radical (unpaired) electrons. The average Bonchev–Trinajstić information content (AvgIpc) is 2.13. The third kappa shape index (κ3) is 1.23. The van der Waals surface area contributed by atoms with Crippen LogP contribution in [0.3, 0.4) is 0 Å². The molecule has 0 saturated carbocycles. The van der Waals surface area contributed by atoms with Crippen LogP contribution in [0.5, 0.6) is 0 Å². The molecule has 4 N–H and O–H groups in total. The molecule has 1 aliphatic heterocycles. The van der Waals surface area contributed by atoms with E-state index in [1.807, 2.05) is 0 Å². The average molecular weight is 128 g/mol. The Morgan fingerprint density at radius 2 is 2.44 bits per heavy atom. The molecule has 1 fully saturated rings. The number of nitrogens with one attached hydrogen (secondary N) is 1. The molecule has 0 aromatic heterocycles. The second kappa shape index (κ2) is 2.37. The number of aliphatic hydroxyl groups excluding tert-OH is 1. The van der Waals surface area contributed by atoms with Gasteiger partial charge >= 0.3 is 0 Å². The predicted molar refractivity (Wildman–Crippen MR) is 36.2 cm³/mol. The Hall–Kier alpha value is -0.540. The number of rotatable bonds is 1. The molecule has 52 valence electrons. The van der Waals surface area contributed by atoms with Crippen LogP contribution in [0.25, 0.3) is 0 Å². The van der Waals surface area contributed by atoms with E-state index < -0.39 is 0 Å². The van der Waals surface area contributed by atoms with Gasteiger partial charge in [-0.3, -0.25) is 0 Å². The lowest BCUT2D eigenvalue weighted by Crippen LogP contribution is -2.37. The molecule has 1 heterocycles. The highest BCUT2D eigenvalue weighted by Gasteiger charge is 2.24. The van der Waals surface area contributed by atoms with Crippen molar-refractivity contribution in [1.82, 2.24) is 5.32 Å². The van der Waals surface area contributed by atoms with Crippen molar-refractivity contribution in [1.29, 1.82) is 0 Å². The van der Waals surface area contributed by atoms with Crippen molar-refractivity contribution >= 4 is 0 Å². The second-order valence-corrected chi connectivity index (χ2v) is 2.38. The van der Waals surface area contributed by atoms with E-state index >= 15 is 0 Å². The van der Waals surface area contributed by atoms with Crippen LogP contribution >= 0.6 is 0 Å². The molecular formula is C6H12N2O. The molecule has 0 aromatic rings. The smallest absolute Gasteiger partial charge is 0.104 e. The first-order valence-electron chi connectivity index (χ1n) is 3.08. The molecule has 2 atom stereocenters. The van der Waals surface area contributed by atoms with Gasteiger partial charge in [-0.05, 0) is 13.0 Å². The van der Waals surface area contributed by atoms with Crippen molar-refractivity contribution in [2.75, 3.05) is 6.54 Å². The van der Waals surface area contributed by atoms with Gasteiger partial charge in [-0.1, -0.05) is 6.58 Å². The predicted octanol–water partition coefficient (Wildman–Crippen LogP) is -0.253. The van der Waals surface area contributed by atoms with Crippen LogP contribution in [0.4, 0.5) is 0 Å². The van der Waals surface area contributed by atoms with Gasteiger partial charge in [0.2, 0.25) is 0 Å². The maximum atomic E-state index is 8.89. The van der Waals surface area contributed by atoms with Gasteiger partial charge in [0.15, 0.2) is 0 Å². The van der Waals surface area contributed by atoms with Crippen molar-refractivity contribution < 1.29 is 5.11 Å². The summed E-state index contributed by atoms with van der Waals surface area (Å²) in [6.45, 7) is 4.28. The van der Waals surface area contributed by atoms with Gasteiger partial charge in [0.1, 0.15) is 5.76 Å². The summed E-state index contributed by atoms with van der Waals surface area (Å²) >= 11 is 0. The molecule has 0 aromatic carbocycles. The van der Waals surface area contributed by atoms with E-state index in [2.05, 4.69) is 11.9 Å². The van der Waals surface area contributed by atoms with Crippen LogP contribution in [0.1, 0.15) is 6.42 Å². The van der Waals surface area contributed by atoms with Crippen LogP contribution in [0.2, 0.25) is 0 Å². The number of nitrogens with two attached hydrogens (primary N) is 1. The van der Waals surface area contributed by atoms with Crippen molar-refractivity contribution in [2.45, 2.75) is 18.5 Å². The zero-order valence-electron chi connectivity index (χ0n) is 5.30. The highest BCUT2D eigenvalue weighted by atomic mass is 16.3. The lowest BCUT2D eigenvalue weighted by Gasteiger charge is -2.12. The fourth-order valence-corrected chi connectivity index (χ4v) is 1.09. The van der Waals surface area contributed by atoms with Gasteiger partial charge in [-0.2, -0.15) is 0 Å². The standard InChI is InChI=1S/C6H12N2O/c1-4(9)6-5(7)2-3-8-6/h5-6,8-9H,1-3,7H2/t5-,6-/m1/s1. The van der Waals surface area contributed by atoms with E-state index in [-0.39, 0.29) is 17.8 Å². The van der Waals surface area contributed by atoms with Crippen molar-refractivity contribution in [3.63, 3.8) is 0 Å². The molecule has 1 aliphatic rings. The van der Waals surface area contributed by atoms with E-state index in [0.717, 1.165) is 13.0 Å². The first kappa shape index (κ1) is 6.58. The Morgan fingerprint density at radius 1 is 1.78 bits per heavy atom. The largest absolute Gasteiger partial charge is 0.511 e. The molecule has 0 aliphatic carbocycles. The van der Waals surface area contributed by atoms with Crippen molar-refractivity contribution in [3.8, 4) is 0 Å². The fourth-order valence-electron chi connectivity index (χ4n) is 1.09. The fraction of sp³-hybridized carbons (Fsp3) is 0.667. The van der Waals surface area contributed by atoms with Crippen molar-refractivity contribution in [3.05, 3.63) is 12.3 Å². The Kier molecular flexibility index (Phi) is 1.73. The Labute approximate surface area is 54.6 Å². The minimum Gasteiger partial charge on any atom is -0.511 e. The van der Waals surface area contributed by atoms with E-state index in [0.29, 0.717) is 0 Å². The number of hydrogen-bond acceptors (Lipinski definition) is 3. The highest BCUT2D eigenvalue weighted by molar-refractivity contribution is 5.04. The molecule has 0 spiro atoms. The zero-order valence-corrected chi connectivity index (χ0v) is 5.30. The Balaban J connectivity index is 2.49. The van der Waals surface area contributed by atoms with Gasteiger partial charge in [0.05, 0.1) is 6.04 Å². The van der Waals surface area contributed by atoms with Crippen LogP contribution in [0.15, 0.2) is 12.3 Å². The van der Waals surface area contributed by atoms with Crippen LogP contribution in [-0.2, 0) is 0 Å². The summed E-state index contributed by atoms with van der Waals surface area (Å²) in [7, 11) is 0. The Bertz CT molecular complexity index is 124. The summed E-state index contributed by atoms with van der Waals surface area (Å²) in [5.74, 6) is 0.153. The topological polar surface area (TPSA) is 58.3 Å². The summed E-state index contributed by atoms with van der Waals surface area (Å²) in [5.41, 5.74) is 5.60. The molecule has 1 saturated heterocycles. The third-order valence-electron chi connectivity index (χ3n) is 1.63. The third-order valence-corrected chi connectivity index (χ3v) is 1.63. The second-order valence-electron chi connectivity index (χ2n) is 2.38. The maximum absolute atomic E-state index is 8.89. The van der Waals surface area contributed by atoms with Crippen LogP contribution in [0, 0.1) is 0 Å². The quantitative estimate of drug-likeness (QED) is 0.427. The lowest BCUT2D eigenvalue weighted by atomic mass is 10.1. The minimum absolute atomic E-state index is 0.0440. The van der Waals surface area contributed by atoms with E-state index in [1.54, 1.807) is 0 Å².